The molecule has 0 fully saturated rings. The Morgan fingerprint density at radius 1 is 1.32 bits per heavy atom. The van der Waals surface area contributed by atoms with Gasteiger partial charge in [-0.15, -0.1) is 0 Å². The predicted molar refractivity (Wildman–Crippen MR) is 83.5 cm³/mol. The molecule has 6 heteroatoms. The molecule has 0 saturated heterocycles. The molecular weight excluding hydrogens is 304 g/mol. The van der Waals surface area contributed by atoms with Crippen LogP contribution in [-0.4, -0.2) is 4.92 Å². The third kappa shape index (κ3) is 4.08. The Kier molecular flexibility index (Phi) is 5.12. The van der Waals surface area contributed by atoms with E-state index < -0.39 is 4.92 Å². The lowest BCUT2D eigenvalue weighted by Crippen LogP contribution is -1.97. The number of rotatable bonds is 5. The first kappa shape index (κ1) is 15.5. The summed E-state index contributed by atoms with van der Waals surface area (Å²) in [5, 5.41) is 19.6. The summed E-state index contributed by atoms with van der Waals surface area (Å²) in [6, 6.07) is 13.3. The molecule has 2 aromatic rings. The zero-order valence-corrected chi connectivity index (χ0v) is 12.2. The number of non-ortho nitro benzene ring substituents is 1. The van der Waals surface area contributed by atoms with Gasteiger partial charge in [-0.25, -0.2) is 0 Å². The van der Waals surface area contributed by atoms with Crippen LogP contribution in [0.2, 0.25) is 5.02 Å². The Labute approximate surface area is 132 Å². The zero-order chi connectivity index (χ0) is 15.9. The average molecular weight is 315 g/mol. The number of nitro groups is 1. The quantitative estimate of drug-likeness (QED) is 0.466. The maximum atomic E-state index is 10.7. The minimum atomic E-state index is -0.452. The van der Waals surface area contributed by atoms with Gasteiger partial charge in [-0.3, -0.25) is 10.1 Å². The highest BCUT2D eigenvalue weighted by atomic mass is 35.5. The van der Waals surface area contributed by atoms with Gasteiger partial charge in [0.1, 0.15) is 12.4 Å². The Hall–Kier alpha value is -2.84. The molecule has 0 atom stereocenters. The van der Waals surface area contributed by atoms with E-state index in [1.165, 1.54) is 18.2 Å². The summed E-state index contributed by atoms with van der Waals surface area (Å²) in [4.78, 5) is 10.3. The second kappa shape index (κ2) is 7.25. The Balaban J connectivity index is 2.09. The normalized spacial score (nSPS) is 10.4. The SMILES string of the molecule is N#C/C=C/c1ccc(OCc2cccc([N+](=O)[O-])c2)c(Cl)c1. The number of nitrogens with zero attached hydrogens (tertiary/aromatic N) is 2. The van der Waals surface area contributed by atoms with E-state index in [9.17, 15) is 10.1 Å². The number of halogens is 1. The van der Waals surface area contributed by atoms with Gasteiger partial charge in [-0.05, 0) is 29.3 Å². The number of ether oxygens (including phenoxy) is 1. The number of hydrogen-bond donors (Lipinski definition) is 0. The molecule has 110 valence electrons. The highest BCUT2D eigenvalue weighted by Crippen LogP contribution is 2.27. The standard InChI is InChI=1S/C16H11ClN2O3/c17-15-10-12(4-2-8-18)6-7-16(15)22-11-13-3-1-5-14(9-13)19(20)21/h1-7,9-10H,11H2/b4-2+. The molecule has 0 unspecified atom stereocenters. The number of benzene rings is 2. The minimum absolute atomic E-state index is 0.0178. The molecule has 0 bridgehead atoms. The average Bonchev–Trinajstić information content (AvgIpc) is 2.52. The van der Waals surface area contributed by atoms with Crippen LogP contribution < -0.4 is 4.74 Å². The van der Waals surface area contributed by atoms with Crippen LogP contribution in [-0.2, 0) is 6.61 Å². The van der Waals surface area contributed by atoms with Gasteiger partial charge < -0.3 is 4.74 Å². The largest absolute Gasteiger partial charge is 0.487 e. The Morgan fingerprint density at radius 2 is 2.14 bits per heavy atom. The summed E-state index contributed by atoms with van der Waals surface area (Å²) in [7, 11) is 0. The molecule has 0 aliphatic carbocycles. The van der Waals surface area contributed by atoms with Crippen molar-refractivity contribution in [3.63, 3.8) is 0 Å². The van der Waals surface area contributed by atoms with Crippen molar-refractivity contribution in [3.05, 3.63) is 74.8 Å². The van der Waals surface area contributed by atoms with Crippen LogP contribution in [0.5, 0.6) is 5.75 Å². The molecule has 0 saturated carbocycles. The molecular formula is C16H11ClN2O3. The molecule has 0 radical (unpaired) electrons. The van der Waals surface area contributed by atoms with Crippen molar-refractivity contribution >= 4 is 23.4 Å². The van der Waals surface area contributed by atoms with Gasteiger partial charge in [0.15, 0.2) is 0 Å². The van der Waals surface area contributed by atoms with Crippen molar-refractivity contribution in [2.75, 3.05) is 0 Å². The van der Waals surface area contributed by atoms with Crippen LogP contribution in [0.25, 0.3) is 6.08 Å². The van der Waals surface area contributed by atoms with Gasteiger partial charge in [0.25, 0.3) is 5.69 Å². The van der Waals surface area contributed by atoms with Gasteiger partial charge in [0, 0.05) is 18.2 Å². The lowest BCUT2D eigenvalue weighted by molar-refractivity contribution is -0.384. The van der Waals surface area contributed by atoms with E-state index in [2.05, 4.69) is 0 Å². The van der Waals surface area contributed by atoms with Crippen molar-refractivity contribution in [3.8, 4) is 11.8 Å². The molecule has 0 amide bonds. The van der Waals surface area contributed by atoms with E-state index in [0.717, 1.165) is 5.56 Å². The predicted octanol–water partition coefficient (Wildman–Crippen LogP) is 4.36. The van der Waals surface area contributed by atoms with E-state index in [-0.39, 0.29) is 12.3 Å². The molecule has 2 aromatic carbocycles. The number of hydrogen-bond acceptors (Lipinski definition) is 4. The summed E-state index contributed by atoms with van der Waals surface area (Å²) in [6.45, 7) is 0.175. The third-order valence-electron chi connectivity index (χ3n) is 2.82. The second-order valence-corrected chi connectivity index (χ2v) is 4.78. The van der Waals surface area contributed by atoms with Crippen LogP contribution in [0.4, 0.5) is 5.69 Å². The molecule has 0 spiro atoms. The summed E-state index contributed by atoms with van der Waals surface area (Å²) in [6.07, 6.45) is 2.99. The van der Waals surface area contributed by atoms with Gasteiger partial charge >= 0.3 is 0 Å². The summed E-state index contributed by atoms with van der Waals surface area (Å²) in [5.41, 5.74) is 1.48. The molecule has 2 rings (SSSR count). The van der Waals surface area contributed by atoms with Crippen LogP contribution in [0.1, 0.15) is 11.1 Å². The Bertz CT molecular complexity index is 766. The molecule has 22 heavy (non-hydrogen) atoms. The van der Waals surface area contributed by atoms with Crippen molar-refractivity contribution in [2.24, 2.45) is 0 Å². The first-order valence-electron chi connectivity index (χ1n) is 6.32. The summed E-state index contributed by atoms with van der Waals surface area (Å²) >= 11 is 6.11. The van der Waals surface area contributed by atoms with E-state index in [4.69, 9.17) is 21.6 Å². The fourth-order valence-corrected chi connectivity index (χ4v) is 2.04. The zero-order valence-electron chi connectivity index (χ0n) is 11.4. The van der Waals surface area contributed by atoms with Crippen LogP contribution in [0.15, 0.2) is 48.5 Å². The summed E-state index contributed by atoms with van der Waals surface area (Å²) < 4.78 is 5.57. The highest BCUT2D eigenvalue weighted by Gasteiger charge is 2.07. The fourth-order valence-electron chi connectivity index (χ4n) is 1.79. The third-order valence-corrected chi connectivity index (χ3v) is 3.12. The van der Waals surface area contributed by atoms with Crippen molar-refractivity contribution in [2.45, 2.75) is 6.61 Å². The van der Waals surface area contributed by atoms with Crippen molar-refractivity contribution in [1.29, 1.82) is 5.26 Å². The molecule has 0 N–H and O–H groups in total. The molecule has 0 aliphatic rings. The number of nitriles is 1. The smallest absolute Gasteiger partial charge is 0.269 e. The second-order valence-electron chi connectivity index (χ2n) is 4.37. The van der Waals surface area contributed by atoms with E-state index in [1.54, 1.807) is 36.4 Å². The fraction of sp³-hybridized carbons (Fsp3) is 0.0625. The maximum Gasteiger partial charge on any atom is 0.269 e. The molecule has 0 aliphatic heterocycles. The Morgan fingerprint density at radius 3 is 2.82 bits per heavy atom. The van der Waals surface area contributed by atoms with E-state index in [1.807, 2.05) is 6.07 Å². The lowest BCUT2D eigenvalue weighted by atomic mass is 10.2. The van der Waals surface area contributed by atoms with Gasteiger partial charge in [0.2, 0.25) is 0 Å². The van der Waals surface area contributed by atoms with Crippen LogP contribution >= 0.6 is 11.6 Å². The van der Waals surface area contributed by atoms with E-state index >= 15 is 0 Å². The van der Waals surface area contributed by atoms with Crippen LogP contribution in [0.3, 0.4) is 0 Å². The minimum Gasteiger partial charge on any atom is -0.487 e. The van der Waals surface area contributed by atoms with Crippen LogP contribution in [0, 0.1) is 21.4 Å². The lowest BCUT2D eigenvalue weighted by Gasteiger charge is -2.08. The molecule has 5 nitrogen and oxygen atoms in total. The topological polar surface area (TPSA) is 76.2 Å². The monoisotopic (exact) mass is 314 g/mol. The first-order chi connectivity index (χ1) is 10.6. The van der Waals surface area contributed by atoms with Crippen molar-refractivity contribution in [1.82, 2.24) is 0 Å². The molecule has 0 heterocycles. The summed E-state index contributed by atoms with van der Waals surface area (Å²) in [5.74, 6) is 0.474. The van der Waals surface area contributed by atoms with Gasteiger partial charge in [-0.2, -0.15) is 5.26 Å². The van der Waals surface area contributed by atoms with E-state index in [0.29, 0.717) is 16.3 Å². The number of nitro benzene ring substituents is 1. The number of allylic oxidation sites excluding steroid dienone is 1. The highest BCUT2D eigenvalue weighted by molar-refractivity contribution is 6.32. The van der Waals surface area contributed by atoms with Gasteiger partial charge in [-0.1, -0.05) is 29.8 Å². The maximum absolute atomic E-state index is 10.7. The van der Waals surface area contributed by atoms with Gasteiger partial charge in [0.05, 0.1) is 16.0 Å². The van der Waals surface area contributed by atoms with Crippen molar-refractivity contribution < 1.29 is 9.66 Å². The molecule has 0 aromatic heterocycles. The first-order valence-corrected chi connectivity index (χ1v) is 6.70.